The van der Waals surface area contributed by atoms with Crippen LogP contribution in [0.1, 0.15) is 29.8 Å². The fraction of sp³-hybridized carbons (Fsp3) is 0.360. The molecule has 172 valence electrons. The summed E-state index contributed by atoms with van der Waals surface area (Å²) in [6.45, 7) is 7.15. The van der Waals surface area contributed by atoms with Gasteiger partial charge in [-0.05, 0) is 62.9 Å². The zero-order valence-corrected chi connectivity index (χ0v) is 20.1. The highest BCUT2D eigenvalue weighted by Crippen LogP contribution is 2.26. The first-order chi connectivity index (χ1) is 15.9. The van der Waals surface area contributed by atoms with Gasteiger partial charge in [-0.1, -0.05) is 42.1 Å². The van der Waals surface area contributed by atoms with Gasteiger partial charge in [0.05, 0.1) is 17.4 Å². The average molecular weight is 464 g/mol. The number of aryl methyl sites for hydroxylation is 3. The highest BCUT2D eigenvalue weighted by atomic mass is 32.2. The first-order valence-electron chi connectivity index (χ1n) is 11.2. The Labute approximate surface area is 198 Å². The van der Waals surface area contributed by atoms with Crippen molar-refractivity contribution < 1.29 is 9.59 Å². The molecule has 1 fully saturated rings. The normalized spacial score (nSPS) is 16.0. The van der Waals surface area contributed by atoms with Gasteiger partial charge in [-0.25, -0.2) is 0 Å². The molecule has 8 heteroatoms. The van der Waals surface area contributed by atoms with Gasteiger partial charge in [0, 0.05) is 18.8 Å². The molecule has 1 saturated heterocycles. The minimum absolute atomic E-state index is 0.0189. The Kier molecular flexibility index (Phi) is 7.13. The van der Waals surface area contributed by atoms with Crippen LogP contribution in [0.2, 0.25) is 0 Å². The summed E-state index contributed by atoms with van der Waals surface area (Å²) >= 11 is 1.39. The summed E-state index contributed by atoms with van der Waals surface area (Å²) < 4.78 is 2.01. The number of hydrogen-bond acceptors (Lipinski definition) is 5. The van der Waals surface area contributed by atoms with Crippen LogP contribution in [0.25, 0.3) is 5.69 Å². The molecule has 0 radical (unpaired) electrons. The molecular weight excluding hydrogens is 434 g/mol. The Bertz CT molecular complexity index is 1140. The van der Waals surface area contributed by atoms with Crippen molar-refractivity contribution in [3.8, 4) is 5.69 Å². The zero-order valence-electron chi connectivity index (χ0n) is 19.2. The molecule has 0 aliphatic carbocycles. The lowest BCUT2D eigenvalue weighted by Gasteiger charge is -2.32. The molecule has 0 bridgehead atoms. The van der Waals surface area contributed by atoms with Crippen LogP contribution in [0.5, 0.6) is 0 Å². The van der Waals surface area contributed by atoms with E-state index < -0.39 is 0 Å². The Hall–Kier alpha value is -3.13. The van der Waals surface area contributed by atoms with E-state index in [1.54, 1.807) is 4.90 Å². The number of anilines is 1. The van der Waals surface area contributed by atoms with Gasteiger partial charge < -0.3 is 10.2 Å². The van der Waals surface area contributed by atoms with Gasteiger partial charge in [0.15, 0.2) is 5.16 Å². The number of benzene rings is 2. The van der Waals surface area contributed by atoms with Crippen molar-refractivity contribution in [2.45, 2.75) is 38.8 Å². The number of carbonyl (C=O) groups excluding carboxylic acids is 2. The molecule has 1 aromatic heterocycles. The first kappa shape index (κ1) is 23.0. The molecule has 2 heterocycles. The molecule has 1 aliphatic heterocycles. The fourth-order valence-electron chi connectivity index (χ4n) is 4.08. The number of nitrogens with one attached hydrogen (secondary N) is 1. The fourth-order valence-corrected chi connectivity index (χ4v) is 4.97. The van der Waals surface area contributed by atoms with Crippen LogP contribution >= 0.6 is 11.8 Å². The van der Waals surface area contributed by atoms with Crippen LogP contribution in [0, 0.1) is 26.7 Å². The van der Waals surface area contributed by atoms with Crippen LogP contribution in [-0.4, -0.2) is 50.3 Å². The third-order valence-corrected chi connectivity index (χ3v) is 6.83. The van der Waals surface area contributed by atoms with E-state index in [0.29, 0.717) is 18.2 Å². The van der Waals surface area contributed by atoms with Crippen molar-refractivity contribution >= 4 is 29.3 Å². The van der Waals surface area contributed by atoms with Crippen LogP contribution in [-0.2, 0) is 9.59 Å². The van der Waals surface area contributed by atoms with Gasteiger partial charge in [-0.15, -0.1) is 10.2 Å². The summed E-state index contributed by atoms with van der Waals surface area (Å²) in [5.74, 6) is 0.834. The quantitative estimate of drug-likeness (QED) is 0.555. The molecule has 2 aromatic carbocycles. The molecule has 7 nitrogen and oxygen atoms in total. The summed E-state index contributed by atoms with van der Waals surface area (Å²) in [5, 5.41) is 12.2. The Morgan fingerprint density at radius 3 is 2.67 bits per heavy atom. The van der Waals surface area contributed by atoms with Crippen molar-refractivity contribution in [3.05, 3.63) is 65.5 Å². The summed E-state index contributed by atoms with van der Waals surface area (Å²) in [6, 6.07) is 15.7. The van der Waals surface area contributed by atoms with Gasteiger partial charge >= 0.3 is 0 Å². The second-order valence-electron chi connectivity index (χ2n) is 8.48. The van der Waals surface area contributed by atoms with Crippen molar-refractivity contribution in [1.29, 1.82) is 0 Å². The standard InChI is InChI=1S/C25H29N5O2S/c1-17-11-12-18(2)22(14-17)30-19(3)27-28-25(30)33-16-23(31)29-13-7-8-20(15-29)24(32)26-21-9-5-4-6-10-21/h4-6,9-12,14,20H,7-8,13,15-16H2,1-3H3,(H,26,32). The molecule has 4 rings (SSSR count). The van der Waals surface area contributed by atoms with Crippen molar-refractivity contribution in [2.75, 3.05) is 24.2 Å². The number of likely N-dealkylation sites (tertiary alicyclic amines) is 1. The minimum atomic E-state index is -0.200. The van der Waals surface area contributed by atoms with Gasteiger partial charge in [0.2, 0.25) is 11.8 Å². The number of thioether (sulfide) groups is 1. The van der Waals surface area contributed by atoms with Crippen LogP contribution in [0.3, 0.4) is 0 Å². The Morgan fingerprint density at radius 2 is 1.88 bits per heavy atom. The molecule has 1 N–H and O–H groups in total. The van der Waals surface area contributed by atoms with Gasteiger partial charge in [-0.2, -0.15) is 0 Å². The number of piperidine rings is 1. The van der Waals surface area contributed by atoms with E-state index in [1.807, 2.05) is 41.8 Å². The monoisotopic (exact) mass is 463 g/mol. The van der Waals surface area contributed by atoms with E-state index in [-0.39, 0.29) is 23.5 Å². The molecule has 2 amide bonds. The third kappa shape index (κ3) is 5.45. The predicted octanol–water partition coefficient (Wildman–Crippen LogP) is 4.16. The largest absolute Gasteiger partial charge is 0.341 e. The zero-order chi connectivity index (χ0) is 23.4. The van der Waals surface area contributed by atoms with Gasteiger partial charge in [0.25, 0.3) is 0 Å². The number of carbonyl (C=O) groups is 2. The maximum atomic E-state index is 13.0. The Balaban J connectivity index is 1.39. The maximum Gasteiger partial charge on any atom is 0.233 e. The number of amides is 2. The third-order valence-electron chi connectivity index (χ3n) is 5.91. The highest BCUT2D eigenvalue weighted by Gasteiger charge is 2.29. The van der Waals surface area contributed by atoms with Crippen LogP contribution in [0.15, 0.2) is 53.7 Å². The number of hydrogen-bond donors (Lipinski definition) is 1. The van der Waals surface area contributed by atoms with E-state index >= 15 is 0 Å². The lowest BCUT2D eigenvalue weighted by molar-refractivity contribution is -0.132. The summed E-state index contributed by atoms with van der Waals surface area (Å²) in [6.07, 6.45) is 1.61. The molecule has 1 unspecified atom stereocenters. The predicted molar refractivity (Wildman–Crippen MR) is 131 cm³/mol. The van der Waals surface area contributed by atoms with E-state index in [0.717, 1.165) is 41.2 Å². The first-order valence-corrected chi connectivity index (χ1v) is 12.2. The van der Waals surface area contributed by atoms with E-state index in [4.69, 9.17) is 0 Å². The molecule has 1 aliphatic rings. The molecule has 3 aromatic rings. The van der Waals surface area contributed by atoms with E-state index in [1.165, 1.54) is 11.8 Å². The SMILES string of the molecule is Cc1ccc(C)c(-n2c(C)nnc2SCC(=O)N2CCCC(C(=O)Nc3ccccc3)C2)c1. The second-order valence-corrected chi connectivity index (χ2v) is 9.42. The molecule has 0 saturated carbocycles. The van der Waals surface area contributed by atoms with Crippen molar-refractivity contribution in [2.24, 2.45) is 5.92 Å². The summed E-state index contributed by atoms with van der Waals surface area (Å²) in [5.41, 5.74) is 4.09. The topological polar surface area (TPSA) is 80.1 Å². The Morgan fingerprint density at radius 1 is 1.09 bits per heavy atom. The lowest BCUT2D eigenvalue weighted by atomic mass is 9.97. The molecular formula is C25H29N5O2S. The number of para-hydroxylation sites is 1. The van der Waals surface area contributed by atoms with Crippen molar-refractivity contribution in [1.82, 2.24) is 19.7 Å². The van der Waals surface area contributed by atoms with Gasteiger partial charge in [-0.3, -0.25) is 14.2 Å². The van der Waals surface area contributed by atoms with Crippen molar-refractivity contribution in [3.63, 3.8) is 0 Å². The number of rotatable bonds is 6. The van der Waals surface area contributed by atoms with E-state index in [9.17, 15) is 9.59 Å². The lowest BCUT2D eigenvalue weighted by Crippen LogP contribution is -2.44. The minimum Gasteiger partial charge on any atom is -0.341 e. The number of aromatic nitrogens is 3. The number of nitrogens with zero attached hydrogens (tertiary/aromatic N) is 4. The molecule has 33 heavy (non-hydrogen) atoms. The summed E-state index contributed by atoms with van der Waals surface area (Å²) in [7, 11) is 0. The van der Waals surface area contributed by atoms with Crippen LogP contribution in [0.4, 0.5) is 5.69 Å². The second kappa shape index (κ2) is 10.2. The maximum absolute atomic E-state index is 13.0. The van der Waals surface area contributed by atoms with E-state index in [2.05, 4.69) is 47.6 Å². The van der Waals surface area contributed by atoms with Crippen LogP contribution < -0.4 is 5.32 Å². The molecule has 1 atom stereocenters. The average Bonchev–Trinajstić information content (AvgIpc) is 3.19. The summed E-state index contributed by atoms with van der Waals surface area (Å²) in [4.78, 5) is 27.5. The smallest absolute Gasteiger partial charge is 0.233 e. The highest BCUT2D eigenvalue weighted by molar-refractivity contribution is 7.99. The van der Waals surface area contributed by atoms with Gasteiger partial charge in [0.1, 0.15) is 5.82 Å². The molecule has 0 spiro atoms.